The molecule has 1 aromatic carbocycles. The third-order valence-corrected chi connectivity index (χ3v) is 3.61. The van der Waals surface area contributed by atoms with E-state index in [-0.39, 0.29) is 18.9 Å². The first kappa shape index (κ1) is 14.4. The van der Waals surface area contributed by atoms with Gasteiger partial charge in [-0.3, -0.25) is 9.59 Å². The van der Waals surface area contributed by atoms with E-state index in [9.17, 15) is 18.4 Å². The van der Waals surface area contributed by atoms with Crippen LogP contribution in [-0.4, -0.2) is 23.9 Å². The van der Waals surface area contributed by atoms with Gasteiger partial charge in [0, 0.05) is 13.0 Å². The Morgan fingerprint density at radius 3 is 2.45 bits per heavy atom. The maximum atomic E-state index is 13.9. The zero-order valence-corrected chi connectivity index (χ0v) is 11.4. The predicted molar refractivity (Wildman–Crippen MR) is 70.2 cm³/mol. The van der Waals surface area contributed by atoms with Crippen LogP contribution < -0.4 is 10.2 Å². The number of carbonyl (C=O) groups excluding carboxylic acids is 2. The van der Waals surface area contributed by atoms with Crippen LogP contribution in [0.5, 0.6) is 0 Å². The van der Waals surface area contributed by atoms with E-state index in [2.05, 4.69) is 5.32 Å². The summed E-state index contributed by atoms with van der Waals surface area (Å²) in [6, 6.07) is 3.42. The lowest BCUT2D eigenvalue weighted by Crippen LogP contribution is -2.55. The standard InChI is InChI=1S/C14H16F2N2O2/c1-3-14(2)13(20)18(8-7-11(19)17-14)12-9(15)5-4-6-10(12)16/h4-6H,3,7-8H2,1-2H3,(H,17,19). The second-order valence-electron chi connectivity index (χ2n) is 5.01. The highest BCUT2D eigenvalue weighted by Gasteiger charge is 2.41. The van der Waals surface area contributed by atoms with Crippen LogP contribution >= 0.6 is 0 Å². The van der Waals surface area contributed by atoms with Gasteiger partial charge in [-0.2, -0.15) is 0 Å². The van der Waals surface area contributed by atoms with Gasteiger partial charge in [0.05, 0.1) is 0 Å². The zero-order valence-electron chi connectivity index (χ0n) is 11.4. The fourth-order valence-electron chi connectivity index (χ4n) is 2.24. The highest BCUT2D eigenvalue weighted by Crippen LogP contribution is 2.28. The maximum absolute atomic E-state index is 13.9. The van der Waals surface area contributed by atoms with Crippen LogP contribution in [0.15, 0.2) is 18.2 Å². The summed E-state index contributed by atoms with van der Waals surface area (Å²) >= 11 is 0. The van der Waals surface area contributed by atoms with E-state index in [4.69, 9.17) is 0 Å². The number of benzene rings is 1. The molecule has 0 aromatic heterocycles. The number of halogens is 2. The summed E-state index contributed by atoms with van der Waals surface area (Å²) in [6.45, 7) is 3.25. The summed E-state index contributed by atoms with van der Waals surface area (Å²) in [6.07, 6.45) is 0.346. The van der Waals surface area contributed by atoms with Crippen LogP contribution in [0.1, 0.15) is 26.7 Å². The van der Waals surface area contributed by atoms with Crippen LogP contribution in [0.2, 0.25) is 0 Å². The number of hydrogen-bond acceptors (Lipinski definition) is 2. The predicted octanol–water partition coefficient (Wildman–Crippen LogP) is 1.99. The monoisotopic (exact) mass is 282 g/mol. The number of nitrogens with one attached hydrogen (secondary N) is 1. The van der Waals surface area contributed by atoms with E-state index >= 15 is 0 Å². The number of rotatable bonds is 2. The minimum atomic E-state index is -1.15. The molecule has 1 aliphatic heterocycles. The van der Waals surface area contributed by atoms with Gasteiger partial charge in [-0.1, -0.05) is 13.0 Å². The van der Waals surface area contributed by atoms with Gasteiger partial charge in [-0.15, -0.1) is 0 Å². The Morgan fingerprint density at radius 1 is 1.30 bits per heavy atom. The minimum absolute atomic E-state index is 0.00903. The van der Waals surface area contributed by atoms with Gasteiger partial charge in [0.25, 0.3) is 5.91 Å². The number of hydrogen-bond donors (Lipinski definition) is 1. The molecular weight excluding hydrogens is 266 g/mol. The van der Waals surface area contributed by atoms with Gasteiger partial charge < -0.3 is 10.2 Å². The Hall–Kier alpha value is -1.98. The quantitative estimate of drug-likeness (QED) is 0.901. The Morgan fingerprint density at radius 2 is 1.90 bits per heavy atom. The molecule has 1 N–H and O–H groups in total. The first-order chi connectivity index (χ1) is 9.39. The van der Waals surface area contributed by atoms with E-state index in [1.807, 2.05) is 0 Å². The molecule has 20 heavy (non-hydrogen) atoms. The Labute approximate surface area is 115 Å². The Balaban J connectivity index is 2.50. The van der Waals surface area contributed by atoms with Crippen molar-refractivity contribution >= 4 is 17.5 Å². The molecule has 1 atom stereocenters. The number of anilines is 1. The number of carbonyl (C=O) groups is 2. The van der Waals surface area contributed by atoms with Crippen molar-refractivity contribution in [3.8, 4) is 0 Å². The second kappa shape index (κ2) is 5.19. The van der Waals surface area contributed by atoms with E-state index in [1.54, 1.807) is 13.8 Å². The first-order valence-electron chi connectivity index (χ1n) is 6.46. The molecule has 1 unspecified atom stereocenters. The first-order valence-corrected chi connectivity index (χ1v) is 6.46. The Bertz CT molecular complexity index is 542. The summed E-state index contributed by atoms with van der Waals surface area (Å²) < 4.78 is 27.7. The average molecular weight is 282 g/mol. The molecule has 6 heteroatoms. The van der Waals surface area contributed by atoms with E-state index in [0.29, 0.717) is 6.42 Å². The molecule has 1 fully saturated rings. The molecule has 4 nitrogen and oxygen atoms in total. The molecule has 0 saturated carbocycles. The fraction of sp³-hybridized carbons (Fsp3) is 0.429. The number of amides is 2. The largest absolute Gasteiger partial charge is 0.342 e. The summed E-state index contributed by atoms with van der Waals surface area (Å²) in [5.41, 5.74) is -1.55. The summed E-state index contributed by atoms with van der Waals surface area (Å²) in [5, 5.41) is 2.62. The molecule has 1 aromatic rings. The molecule has 1 aliphatic rings. The van der Waals surface area contributed by atoms with Crippen LogP contribution in [0.4, 0.5) is 14.5 Å². The molecule has 0 bridgehead atoms. The van der Waals surface area contributed by atoms with Crippen molar-refractivity contribution in [2.75, 3.05) is 11.4 Å². The lowest BCUT2D eigenvalue weighted by atomic mass is 9.97. The van der Waals surface area contributed by atoms with Crippen molar-refractivity contribution < 1.29 is 18.4 Å². The van der Waals surface area contributed by atoms with Crippen molar-refractivity contribution in [3.63, 3.8) is 0 Å². The summed E-state index contributed by atoms with van der Waals surface area (Å²) in [5.74, 6) is -2.44. The van der Waals surface area contributed by atoms with Crippen molar-refractivity contribution in [2.45, 2.75) is 32.2 Å². The van der Waals surface area contributed by atoms with Crippen molar-refractivity contribution in [2.24, 2.45) is 0 Å². The van der Waals surface area contributed by atoms with E-state index < -0.39 is 28.8 Å². The van der Waals surface area contributed by atoms with Gasteiger partial charge in [0.1, 0.15) is 22.9 Å². The lowest BCUT2D eigenvalue weighted by molar-refractivity contribution is -0.129. The average Bonchev–Trinajstić information content (AvgIpc) is 2.50. The normalized spacial score (nSPS) is 23.5. The molecule has 1 saturated heterocycles. The molecular formula is C14H16F2N2O2. The highest BCUT2D eigenvalue weighted by molar-refractivity contribution is 6.04. The molecule has 1 heterocycles. The van der Waals surface area contributed by atoms with Crippen molar-refractivity contribution in [3.05, 3.63) is 29.8 Å². The van der Waals surface area contributed by atoms with Gasteiger partial charge >= 0.3 is 0 Å². The number of para-hydroxylation sites is 1. The fourth-order valence-corrected chi connectivity index (χ4v) is 2.24. The van der Waals surface area contributed by atoms with Gasteiger partial charge in [-0.25, -0.2) is 8.78 Å². The second-order valence-corrected chi connectivity index (χ2v) is 5.01. The van der Waals surface area contributed by atoms with Crippen LogP contribution in [0, 0.1) is 11.6 Å². The smallest absolute Gasteiger partial charge is 0.252 e. The van der Waals surface area contributed by atoms with Crippen LogP contribution in [0.3, 0.4) is 0 Å². The van der Waals surface area contributed by atoms with E-state index in [1.165, 1.54) is 6.07 Å². The Kier molecular flexibility index (Phi) is 3.74. The molecule has 2 amide bonds. The summed E-state index contributed by atoms with van der Waals surface area (Å²) in [7, 11) is 0. The highest BCUT2D eigenvalue weighted by atomic mass is 19.1. The molecule has 0 radical (unpaired) electrons. The molecule has 2 rings (SSSR count). The summed E-state index contributed by atoms with van der Waals surface area (Å²) in [4.78, 5) is 25.2. The van der Waals surface area contributed by atoms with Crippen molar-refractivity contribution in [1.29, 1.82) is 0 Å². The number of nitrogens with zero attached hydrogens (tertiary/aromatic N) is 1. The van der Waals surface area contributed by atoms with Crippen molar-refractivity contribution in [1.82, 2.24) is 5.32 Å². The van der Waals surface area contributed by atoms with Gasteiger partial charge in [0.2, 0.25) is 5.91 Å². The zero-order chi connectivity index (χ0) is 14.9. The SMILES string of the molecule is CCC1(C)NC(=O)CCN(c2c(F)cccc2F)C1=O. The topological polar surface area (TPSA) is 49.4 Å². The molecule has 0 spiro atoms. The minimum Gasteiger partial charge on any atom is -0.342 e. The van der Waals surface area contributed by atoms with Crippen LogP contribution in [-0.2, 0) is 9.59 Å². The third-order valence-electron chi connectivity index (χ3n) is 3.61. The van der Waals surface area contributed by atoms with E-state index in [0.717, 1.165) is 17.0 Å². The van der Waals surface area contributed by atoms with Gasteiger partial charge in [0.15, 0.2) is 0 Å². The third kappa shape index (κ3) is 2.37. The lowest BCUT2D eigenvalue weighted by Gasteiger charge is -2.31. The van der Waals surface area contributed by atoms with Crippen LogP contribution in [0.25, 0.3) is 0 Å². The molecule has 0 aliphatic carbocycles. The molecule has 108 valence electrons. The maximum Gasteiger partial charge on any atom is 0.252 e. The van der Waals surface area contributed by atoms with Gasteiger partial charge in [-0.05, 0) is 25.5 Å².